The van der Waals surface area contributed by atoms with Crippen molar-refractivity contribution in [3.05, 3.63) is 88.1 Å². The number of aromatic nitrogens is 1. The molecule has 5 rings (SSSR count). The molecule has 190 valence electrons. The molecule has 37 heavy (non-hydrogen) atoms. The van der Waals surface area contributed by atoms with Crippen LogP contribution in [0.15, 0.2) is 66.3 Å². The van der Waals surface area contributed by atoms with Gasteiger partial charge in [-0.05, 0) is 60.0 Å². The third-order valence-corrected chi connectivity index (χ3v) is 7.66. The summed E-state index contributed by atoms with van der Waals surface area (Å²) in [4.78, 5) is 29.9. The molecule has 0 radical (unpaired) electrons. The molecular weight excluding hydrogens is 489 g/mol. The Morgan fingerprint density at radius 2 is 1.95 bits per heavy atom. The van der Waals surface area contributed by atoms with Gasteiger partial charge in [-0.15, -0.1) is 11.3 Å². The minimum absolute atomic E-state index is 0.00252. The van der Waals surface area contributed by atoms with E-state index >= 15 is 4.39 Å². The maximum atomic E-state index is 15.3. The van der Waals surface area contributed by atoms with Crippen LogP contribution in [0.5, 0.6) is 0 Å². The number of nitrogens with zero attached hydrogens (tertiary/aromatic N) is 1. The molecule has 8 heteroatoms. The Kier molecular flexibility index (Phi) is 7.58. The van der Waals surface area contributed by atoms with Crippen molar-refractivity contribution < 1.29 is 18.7 Å². The monoisotopic (exact) mass is 517 g/mol. The van der Waals surface area contributed by atoms with E-state index in [0.29, 0.717) is 36.3 Å². The van der Waals surface area contributed by atoms with E-state index in [1.165, 1.54) is 0 Å². The highest BCUT2D eigenvalue weighted by molar-refractivity contribution is 7.12. The number of fused-ring (bicyclic) bond motifs is 1. The molecule has 0 bridgehead atoms. The summed E-state index contributed by atoms with van der Waals surface area (Å²) in [6.45, 7) is 3.19. The highest BCUT2D eigenvalue weighted by atomic mass is 32.1. The van der Waals surface area contributed by atoms with Gasteiger partial charge in [0.25, 0.3) is 11.8 Å². The smallest absolute Gasteiger partial charge is 0.264 e. The Balaban J connectivity index is 1.33. The van der Waals surface area contributed by atoms with Crippen LogP contribution < -0.4 is 10.6 Å². The standard InChI is InChI=1S/C29H28FN3O3S/c1-2-25(33-28(34)21-6-7-22-16-31-11-8-18(22)14-21)20-5-3-4-19(15-20)24-17-37-27(26(24)30)29(35)32-23-9-12-36-13-10-23/h3-8,11,14-17,23,25H,2,9-10,12-13H2,1H3,(H,32,35)(H,33,34). The Morgan fingerprint density at radius 1 is 1.11 bits per heavy atom. The number of ether oxygens (including phenoxy) is 1. The fourth-order valence-electron chi connectivity index (χ4n) is 4.59. The molecule has 2 aromatic carbocycles. The number of pyridine rings is 1. The zero-order valence-corrected chi connectivity index (χ0v) is 21.3. The lowest BCUT2D eigenvalue weighted by Gasteiger charge is -2.22. The average molecular weight is 518 g/mol. The van der Waals surface area contributed by atoms with Gasteiger partial charge in [0.15, 0.2) is 5.82 Å². The summed E-state index contributed by atoms with van der Waals surface area (Å²) in [5, 5.41) is 9.63. The molecule has 1 aliphatic heterocycles. The lowest BCUT2D eigenvalue weighted by atomic mass is 9.98. The summed E-state index contributed by atoms with van der Waals surface area (Å²) in [6, 6.07) is 14.6. The van der Waals surface area contributed by atoms with Crippen molar-refractivity contribution in [2.45, 2.75) is 38.3 Å². The fraction of sp³-hybridized carbons (Fsp3) is 0.276. The number of thiophene rings is 1. The van der Waals surface area contributed by atoms with Crippen LogP contribution in [0.3, 0.4) is 0 Å². The maximum absolute atomic E-state index is 15.3. The number of carbonyl (C=O) groups excluding carboxylic acids is 2. The largest absolute Gasteiger partial charge is 0.381 e. The van der Waals surface area contributed by atoms with Crippen LogP contribution in [0, 0.1) is 5.82 Å². The first-order valence-corrected chi connectivity index (χ1v) is 13.3. The summed E-state index contributed by atoms with van der Waals surface area (Å²) in [5.74, 6) is -1.08. The molecule has 1 unspecified atom stereocenters. The van der Waals surface area contributed by atoms with Crippen LogP contribution in [-0.4, -0.2) is 36.1 Å². The fourth-order valence-corrected chi connectivity index (χ4v) is 5.45. The van der Waals surface area contributed by atoms with Crippen LogP contribution in [0.1, 0.15) is 57.8 Å². The van der Waals surface area contributed by atoms with Crippen LogP contribution in [-0.2, 0) is 4.74 Å². The quantitative estimate of drug-likeness (QED) is 0.320. The normalized spacial score (nSPS) is 14.9. The number of hydrogen-bond donors (Lipinski definition) is 2. The van der Waals surface area contributed by atoms with Crippen molar-refractivity contribution >= 4 is 33.9 Å². The van der Waals surface area contributed by atoms with Gasteiger partial charge in [0.1, 0.15) is 4.88 Å². The Labute approximate surface area is 218 Å². The minimum Gasteiger partial charge on any atom is -0.381 e. The molecule has 1 atom stereocenters. The molecule has 2 N–H and O–H groups in total. The van der Waals surface area contributed by atoms with E-state index in [4.69, 9.17) is 4.74 Å². The molecule has 1 fully saturated rings. The summed E-state index contributed by atoms with van der Waals surface area (Å²) in [6.07, 6.45) is 5.59. The van der Waals surface area contributed by atoms with Crippen molar-refractivity contribution in [2.75, 3.05) is 13.2 Å². The number of amides is 2. The topological polar surface area (TPSA) is 80.3 Å². The van der Waals surface area contributed by atoms with Gasteiger partial charge in [0.2, 0.25) is 0 Å². The number of benzene rings is 2. The van der Waals surface area contributed by atoms with Crippen molar-refractivity contribution in [1.29, 1.82) is 0 Å². The molecule has 3 heterocycles. The highest BCUT2D eigenvalue weighted by Crippen LogP contribution is 2.32. The van der Waals surface area contributed by atoms with E-state index in [1.807, 2.05) is 49.4 Å². The number of halogens is 1. The second-order valence-electron chi connectivity index (χ2n) is 9.15. The van der Waals surface area contributed by atoms with Crippen LogP contribution in [0.25, 0.3) is 21.9 Å². The number of nitrogens with one attached hydrogen (secondary N) is 2. The number of hydrogen-bond acceptors (Lipinski definition) is 5. The van der Waals surface area contributed by atoms with E-state index in [9.17, 15) is 9.59 Å². The van der Waals surface area contributed by atoms with Gasteiger partial charge in [-0.1, -0.05) is 31.2 Å². The van der Waals surface area contributed by atoms with Gasteiger partial charge in [0.05, 0.1) is 6.04 Å². The summed E-state index contributed by atoms with van der Waals surface area (Å²) in [7, 11) is 0. The highest BCUT2D eigenvalue weighted by Gasteiger charge is 2.23. The van der Waals surface area contributed by atoms with Gasteiger partial charge in [0, 0.05) is 53.5 Å². The molecule has 2 aromatic heterocycles. The van der Waals surface area contributed by atoms with Crippen molar-refractivity contribution in [3.8, 4) is 11.1 Å². The first kappa shape index (κ1) is 25.0. The van der Waals surface area contributed by atoms with Gasteiger partial charge in [-0.25, -0.2) is 4.39 Å². The number of carbonyl (C=O) groups is 2. The summed E-state index contributed by atoms with van der Waals surface area (Å²) < 4.78 is 20.7. The minimum atomic E-state index is -0.519. The van der Waals surface area contributed by atoms with Gasteiger partial charge in [-0.2, -0.15) is 0 Å². The van der Waals surface area contributed by atoms with Gasteiger partial charge < -0.3 is 15.4 Å². The van der Waals surface area contributed by atoms with Crippen LogP contribution >= 0.6 is 11.3 Å². The van der Waals surface area contributed by atoms with Gasteiger partial charge in [-0.3, -0.25) is 14.6 Å². The molecule has 0 spiro atoms. The summed E-state index contributed by atoms with van der Waals surface area (Å²) >= 11 is 1.10. The molecule has 1 saturated heterocycles. The first-order chi connectivity index (χ1) is 18.0. The lowest BCUT2D eigenvalue weighted by Crippen LogP contribution is -2.38. The molecular formula is C29H28FN3O3S. The summed E-state index contributed by atoms with van der Waals surface area (Å²) in [5.41, 5.74) is 2.49. The molecule has 0 aliphatic carbocycles. The molecule has 4 aromatic rings. The van der Waals surface area contributed by atoms with Crippen LogP contribution in [0.2, 0.25) is 0 Å². The second-order valence-corrected chi connectivity index (χ2v) is 10.0. The average Bonchev–Trinajstić information content (AvgIpc) is 3.33. The lowest BCUT2D eigenvalue weighted by molar-refractivity contribution is 0.0696. The molecule has 6 nitrogen and oxygen atoms in total. The van der Waals surface area contributed by atoms with Crippen molar-refractivity contribution in [3.63, 3.8) is 0 Å². The zero-order valence-electron chi connectivity index (χ0n) is 20.5. The predicted molar refractivity (Wildman–Crippen MR) is 143 cm³/mol. The van der Waals surface area contributed by atoms with Crippen molar-refractivity contribution in [1.82, 2.24) is 15.6 Å². The third-order valence-electron chi connectivity index (χ3n) is 6.71. The number of rotatable bonds is 7. The Morgan fingerprint density at radius 3 is 2.76 bits per heavy atom. The first-order valence-electron chi connectivity index (χ1n) is 12.4. The van der Waals surface area contributed by atoms with Crippen molar-refractivity contribution in [2.24, 2.45) is 0 Å². The Bertz CT molecular complexity index is 1430. The molecule has 2 amide bonds. The Hall–Kier alpha value is -3.62. The van der Waals surface area contributed by atoms with E-state index in [0.717, 1.165) is 40.5 Å². The van der Waals surface area contributed by atoms with E-state index in [2.05, 4.69) is 15.6 Å². The predicted octanol–water partition coefficient (Wildman–Crippen LogP) is 5.89. The van der Waals surface area contributed by atoms with E-state index in [1.54, 1.807) is 23.8 Å². The van der Waals surface area contributed by atoms with Crippen LogP contribution in [0.4, 0.5) is 4.39 Å². The maximum Gasteiger partial charge on any atom is 0.264 e. The van der Waals surface area contributed by atoms with E-state index < -0.39 is 5.82 Å². The molecule has 0 saturated carbocycles. The molecule has 1 aliphatic rings. The SMILES string of the molecule is CCC(NC(=O)c1ccc2cnccc2c1)c1cccc(-c2csc(C(=O)NC3CCOCC3)c2F)c1. The van der Waals surface area contributed by atoms with Gasteiger partial charge >= 0.3 is 0 Å². The van der Waals surface area contributed by atoms with E-state index in [-0.39, 0.29) is 28.8 Å². The third kappa shape index (κ3) is 5.55. The zero-order chi connectivity index (χ0) is 25.8. The second kappa shape index (κ2) is 11.2.